The number of carbonyl (C=O) groups excluding carboxylic acids is 1. The van der Waals surface area contributed by atoms with Crippen LogP contribution in [-0.4, -0.2) is 12.5 Å². The van der Waals surface area contributed by atoms with Gasteiger partial charge >= 0.3 is 0 Å². The first-order valence-corrected chi connectivity index (χ1v) is 7.79. The van der Waals surface area contributed by atoms with E-state index in [1.807, 2.05) is 6.07 Å². The number of nitrogen functional groups attached to an aromatic ring is 1. The van der Waals surface area contributed by atoms with E-state index in [-0.39, 0.29) is 5.91 Å². The minimum Gasteiger partial charge on any atom is -0.398 e. The first-order valence-electron chi connectivity index (χ1n) is 7.00. The molecule has 0 unspecified atom stereocenters. The maximum atomic E-state index is 12.0. The molecule has 0 bridgehead atoms. The summed E-state index contributed by atoms with van der Waals surface area (Å²) in [4.78, 5) is 12.0. The summed E-state index contributed by atoms with van der Waals surface area (Å²) in [6.45, 7) is 0.737. The molecule has 1 aliphatic carbocycles. The van der Waals surface area contributed by atoms with Gasteiger partial charge in [-0.05, 0) is 37.0 Å². The molecule has 1 fully saturated rings. The van der Waals surface area contributed by atoms with Gasteiger partial charge in [-0.25, -0.2) is 0 Å². The van der Waals surface area contributed by atoms with Crippen LogP contribution in [0, 0.1) is 5.92 Å². The van der Waals surface area contributed by atoms with Gasteiger partial charge in [-0.2, -0.15) is 0 Å². The van der Waals surface area contributed by atoms with E-state index in [1.54, 1.807) is 12.1 Å². The zero-order chi connectivity index (χ0) is 13.7. The van der Waals surface area contributed by atoms with Crippen LogP contribution in [0.4, 0.5) is 5.69 Å². The molecule has 1 aromatic rings. The van der Waals surface area contributed by atoms with E-state index < -0.39 is 0 Å². The zero-order valence-corrected chi connectivity index (χ0v) is 12.7. The maximum absolute atomic E-state index is 12.0. The van der Waals surface area contributed by atoms with Crippen molar-refractivity contribution in [2.24, 2.45) is 5.92 Å². The topological polar surface area (TPSA) is 55.1 Å². The molecule has 0 heterocycles. The lowest BCUT2D eigenvalue weighted by molar-refractivity contribution is 0.0953. The van der Waals surface area contributed by atoms with Crippen molar-refractivity contribution in [2.75, 3.05) is 12.3 Å². The van der Waals surface area contributed by atoms with Gasteiger partial charge in [-0.3, -0.25) is 4.79 Å². The van der Waals surface area contributed by atoms with Gasteiger partial charge < -0.3 is 11.1 Å². The monoisotopic (exact) mass is 324 g/mol. The Hall–Kier alpha value is -1.03. The number of nitrogens with two attached hydrogens (primary N) is 1. The summed E-state index contributed by atoms with van der Waals surface area (Å²) in [5.74, 6) is 0.804. The Kier molecular flexibility index (Phi) is 5.25. The molecule has 1 amide bonds. The van der Waals surface area contributed by atoms with Gasteiger partial charge in [0.15, 0.2) is 0 Å². The average Bonchev–Trinajstić information content (AvgIpc) is 2.90. The van der Waals surface area contributed by atoms with Gasteiger partial charge in [0.25, 0.3) is 5.91 Å². The third-order valence-electron chi connectivity index (χ3n) is 3.81. The van der Waals surface area contributed by atoms with Crippen LogP contribution in [0.2, 0.25) is 0 Å². The number of carbonyl (C=O) groups is 1. The van der Waals surface area contributed by atoms with E-state index in [2.05, 4.69) is 21.2 Å². The molecule has 1 aromatic carbocycles. The van der Waals surface area contributed by atoms with E-state index in [0.717, 1.165) is 23.4 Å². The van der Waals surface area contributed by atoms with Gasteiger partial charge in [-0.15, -0.1) is 0 Å². The smallest absolute Gasteiger partial charge is 0.253 e. The molecule has 0 atom stereocenters. The molecule has 0 spiro atoms. The van der Waals surface area contributed by atoms with Crippen molar-refractivity contribution in [3.05, 3.63) is 28.2 Å². The fourth-order valence-electron chi connectivity index (χ4n) is 2.71. The Morgan fingerprint density at radius 1 is 1.37 bits per heavy atom. The summed E-state index contributed by atoms with van der Waals surface area (Å²) in [7, 11) is 0. The number of hydrogen-bond donors (Lipinski definition) is 2. The fourth-order valence-corrected chi connectivity index (χ4v) is 3.07. The normalized spacial score (nSPS) is 15.6. The summed E-state index contributed by atoms with van der Waals surface area (Å²) < 4.78 is 0.873. The predicted octanol–water partition coefficient (Wildman–Crippen LogP) is 3.73. The number of benzene rings is 1. The number of rotatable bonds is 5. The number of halogens is 1. The van der Waals surface area contributed by atoms with Crippen LogP contribution in [0.15, 0.2) is 22.7 Å². The minimum atomic E-state index is -0.0785. The second kappa shape index (κ2) is 6.94. The SMILES string of the molecule is Nc1ccc(Br)cc1C(=O)NCCCC1CCCC1. The zero-order valence-electron chi connectivity index (χ0n) is 11.1. The van der Waals surface area contributed by atoms with Crippen LogP contribution < -0.4 is 11.1 Å². The quantitative estimate of drug-likeness (QED) is 0.640. The highest BCUT2D eigenvalue weighted by Crippen LogP contribution is 2.28. The molecule has 2 rings (SSSR count). The number of anilines is 1. The molecule has 0 aliphatic heterocycles. The summed E-state index contributed by atoms with van der Waals surface area (Å²) in [5.41, 5.74) is 6.89. The highest BCUT2D eigenvalue weighted by molar-refractivity contribution is 9.10. The van der Waals surface area contributed by atoms with Gasteiger partial charge in [0.2, 0.25) is 0 Å². The summed E-state index contributed by atoms with van der Waals surface area (Å²) in [6.07, 6.45) is 7.79. The van der Waals surface area contributed by atoms with Crippen molar-refractivity contribution < 1.29 is 4.79 Å². The van der Waals surface area contributed by atoms with Crippen LogP contribution >= 0.6 is 15.9 Å². The van der Waals surface area contributed by atoms with Crippen molar-refractivity contribution >= 4 is 27.5 Å². The summed E-state index contributed by atoms with van der Waals surface area (Å²) in [5, 5.41) is 2.95. The van der Waals surface area contributed by atoms with Crippen LogP contribution in [0.1, 0.15) is 48.9 Å². The standard InChI is InChI=1S/C15H21BrN2O/c16-12-7-8-14(17)13(10-12)15(19)18-9-3-6-11-4-1-2-5-11/h7-8,10-11H,1-6,9,17H2,(H,18,19). The van der Waals surface area contributed by atoms with Gasteiger partial charge in [0.05, 0.1) is 5.56 Å². The third-order valence-corrected chi connectivity index (χ3v) is 4.30. The van der Waals surface area contributed by atoms with Crippen LogP contribution in [0.3, 0.4) is 0 Å². The van der Waals surface area contributed by atoms with Gasteiger partial charge in [0.1, 0.15) is 0 Å². The average molecular weight is 325 g/mol. The summed E-state index contributed by atoms with van der Waals surface area (Å²) in [6, 6.07) is 5.35. The Labute approximate surface area is 123 Å². The van der Waals surface area contributed by atoms with Gasteiger partial charge in [0, 0.05) is 16.7 Å². The molecule has 1 aliphatic rings. The first kappa shape index (κ1) is 14.4. The minimum absolute atomic E-state index is 0.0785. The molecule has 104 valence electrons. The molecule has 1 saturated carbocycles. The van der Waals surface area contributed by atoms with E-state index in [1.165, 1.54) is 32.1 Å². The Balaban J connectivity index is 1.75. The second-order valence-electron chi connectivity index (χ2n) is 5.28. The van der Waals surface area contributed by atoms with Crippen LogP contribution in [0.5, 0.6) is 0 Å². The lowest BCUT2D eigenvalue weighted by Crippen LogP contribution is -2.25. The number of amides is 1. The highest BCUT2D eigenvalue weighted by Gasteiger charge is 2.14. The second-order valence-corrected chi connectivity index (χ2v) is 6.20. The van der Waals surface area contributed by atoms with E-state index in [9.17, 15) is 4.79 Å². The molecular formula is C15H21BrN2O. The molecular weight excluding hydrogens is 304 g/mol. The number of hydrogen-bond acceptors (Lipinski definition) is 2. The Morgan fingerprint density at radius 3 is 2.84 bits per heavy atom. The Bertz CT molecular complexity index is 442. The lowest BCUT2D eigenvalue weighted by Gasteiger charge is -2.10. The van der Waals surface area contributed by atoms with Crippen molar-refractivity contribution in [1.82, 2.24) is 5.32 Å². The van der Waals surface area contributed by atoms with Crippen molar-refractivity contribution in [1.29, 1.82) is 0 Å². The van der Waals surface area contributed by atoms with E-state index >= 15 is 0 Å². The molecule has 0 saturated heterocycles. The first-order chi connectivity index (χ1) is 9.16. The lowest BCUT2D eigenvalue weighted by atomic mass is 10.0. The van der Waals surface area contributed by atoms with Crippen LogP contribution in [-0.2, 0) is 0 Å². The molecule has 4 heteroatoms. The van der Waals surface area contributed by atoms with Crippen molar-refractivity contribution in [3.63, 3.8) is 0 Å². The van der Waals surface area contributed by atoms with Crippen molar-refractivity contribution in [2.45, 2.75) is 38.5 Å². The maximum Gasteiger partial charge on any atom is 0.253 e. The number of nitrogens with one attached hydrogen (secondary N) is 1. The molecule has 0 aromatic heterocycles. The molecule has 3 N–H and O–H groups in total. The third kappa shape index (κ3) is 4.23. The van der Waals surface area contributed by atoms with Crippen molar-refractivity contribution in [3.8, 4) is 0 Å². The summed E-state index contributed by atoms with van der Waals surface area (Å²) >= 11 is 3.36. The molecule has 0 radical (unpaired) electrons. The Morgan fingerprint density at radius 2 is 2.11 bits per heavy atom. The van der Waals surface area contributed by atoms with E-state index in [0.29, 0.717) is 11.3 Å². The van der Waals surface area contributed by atoms with Crippen LogP contribution in [0.25, 0.3) is 0 Å². The fraction of sp³-hybridized carbons (Fsp3) is 0.533. The predicted molar refractivity (Wildman–Crippen MR) is 82.1 cm³/mol. The highest BCUT2D eigenvalue weighted by atomic mass is 79.9. The van der Waals surface area contributed by atoms with Gasteiger partial charge in [-0.1, -0.05) is 41.6 Å². The molecule has 3 nitrogen and oxygen atoms in total. The molecule has 19 heavy (non-hydrogen) atoms. The van der Waals surface area contributed by atoms with E-state index in [4.69, 9.17) is 5.73 Å². The largest absolute Gasteiger partial charge is 0.398 e.